The molecule has 1 aromatic heterocycles. The molecule has 0 bridgehead atoms. The number of carbonyl (C=O) groups excluding carboxylic acids is 1. The Bertz CT molecular complexity index is 825. The summed E-state index contributed by atoms with van der Waals surface area (Å²) in [5, 5.41) is 23.6. The highest BCUT2D eigenvalue weighted by molar-refractivity contribution is 7.19. The number of thiazole rings is 1. The predicted molar refractivity (Wildman–Crippen MR) is 86.2 cm³/mol. The number of amides is 1. The van der Waals surface area contributed by atoms with Gasteiger partial charge in [-0.15, -0.1) is 0 Å². The number of nitriles is 2. The first kappa shape index (κ1) is 15.0. The molecule has 0 radical (unpaired) electrons. The SMILES string of the molecule is N#CNC1(C(=O)Nc2ncc(-c3cccc(C#N)c3)s2)CCC1. The van der Waals surface area contributed by atoms with E-state index in [0.29, 0.717) is 23.5 Å². The summed E-state index contributed by atoms with van der Waals surface area (Å²) >= 11 is 1.34. The Balaban J connectivity index is 1.76. The normalized spacial score (nSPS) is 14.9. The van der Waals surface area contributed by atoms with Gasteiger partial charge in [0, 0.05) is 6.20 Å². The van der Waals surface area contributed by atoms with Gasteiger partial charge < -0.3 is 5.32 Å². The Labute approximate surface area is 137 Å². The van der Waals surface area contributed by atoms with Gasteiger partial charge in [0.2, 0.25) is 0 Å². The Morgan fingerprint density at radius 2 is 2.17 bits per heavy atom. The highest BCUT2D eigenvalue weighted by Gasteiger charge is 2.44. The second-order valence-electron chi connectivity index (χ2n) is 5.35. The van der Waals surface area contributed by atoms with Crippen molar-refractivity contribution >= 4 is 22.4 Å². The number of benzene rings is 1. The number of rotatable bonds is 4. The van der Waals surface area contributed by atoms with E-state index in [2.05, 4.69) is 21.7 Å². The molecule has 6 nitrogen and oxygen atoms in total. The van der Waals surface area contributed by atoms with Gasteiger partial charge in [-0.1, -0.05) is 23.5 Å². The van der Waals surface area contributed by atoms with Gasteiger partial charge >= 0.3 is 0 Å². The number of aromatic nitrogens is 1. The quantitative estimate of drug-likeness (QED) is 0.665. The largest absolute Gasteiger partial charge is 0.308 e. The summed E-state index contributed by atoms with van der Waals surface area (Å²) in [6.07, 6.45) is 5.75. The fourth-order valence-electron chi connectivity index (χ4n) is 2.47. The summed E-state index contributed by atoms with van der Waals surface area (Å²) in [6, 6.07) is 9.32. The van der Waals surface area contributed by atoms with Gasteiger partial charge in [-0.25, -0.2) is 4.98 Å². The minimum Gasteiger partial charge on any atom is -0.308 e. The van der Waals surface area contributed by atoms with Gasteiger partial charge in [0.1, 0.15) is 5.54 Å². The molecule has 1 saturated carbocycles. The van der Waals surface area contributed by atoms with Crippen molar-refractivity contribution in [2.75, 3.05) is 5.32 Å². The van der Waals surface area contributed by atoms with Crippen LogP contribution in [0, 0.1) is 22.8 Å². The molecule has 1 aliphatic rings. The van der Waals surface area contributed by atoms with Crippen molar-refractivity contribution in [3.63, 3.8) is 0 Å². The number of hydrogen-bond donors (Lipinski definition) is 2. The van der Waals surface area contributed by atoms with Gasteiger partial charge in [-0.05, 0) is 37.0 Å². The number of anilines is 1. The zero-order chi connectivity index (χ0) is 16.3. The van der Waals surface area contributed by atoms with Crippen LogP contribution < -0.4 is 10.6 Å². The molecular weight excluding hydrogens is 310 g/mol. The van der Waals surface area contributed by atoms with E-state index in [4.69, 9.17) is 10.5 Å². The van der Waals surface area contributed by atoms with E-state index >= 15 is 0 Å². The smallest absolute Gasteiger partial charge is 0.252 e. The fraction of sp³-hybridized carbons (Fsp3) is 0.250. The summed E-state index contributed by atoms with van der Waals surface area (Å²) in [5.41, 5.74) is 0.671. The summed E-state index contributed by atoms with van der Waals surface area (Å²) in [6.45, 7) is 0. The second-order valence-corrected chi connectivity index (χ2v) is 6.38. The van der Waals surface area contributed by atoms with Crippen LogP contribution in [0.25, 0.3) is 10.4 Å². The molecule has 0 atom stereocenters. The van der Waals surface area contributed by atoms with Crippen LogP contribution in [0.1, 0.15) is 24.8 Å². The van der Waals surface area contributed by atoms with Crippen molar-refractivity contribution in [1.82, 2.24) is 10.3 Å². The van der Waals surface area contributed by atoms with Gasteiger partial charge in [0.05, 0.1) is 16.5 Å². The van der Waals surface area contributed by atoms with Gasteiger partial charge in [-0.3, -0.25) is 10.1 Å². The van der Waals surface area contributed by atoms with Crippen molar-refractivity contribution in [2.24, 2.45) is 0 Å². The van der Waals surface area contributed by atoms with Gasteiger partial charge in [0.25, 0.3) is 5.91 Å². The minimum atomic E-state index is -0.790. The van der Waals surface area contributed by atoms with Crippen LogP contribution >= 0.6 is 11.3 Å². The van der Waals surface area contributed by atoms with Crippen molar-refractivity contribution in [2.45, 2.75) is 24.8 Å². The lowest BCUT2D eigenvalue weighted by atomic mass is 9.76. The van der Waals surface area contributed by atoms with Gasteiger partial charge in [-0.2, -0.15) is 10.5 Å². The lowest BCUT2D eigenvalue weighted by molar-refractivity contribution is -0.125. The molecule has 3 rings (SSSR count). The monoisotopic (exact) mass is 323 g/mol. The van der Waals surface area contributed by atoms with Crippen LogP contribution in [0.15, 0.2) is 30.5 Å². The van der Waals surface area contributed by atoms with Crippen LogP contribution in [0.2, 0.25) is 0 Å². The first-order valence-corrected chi connectivity index (χ1v) is 7.93. The van der Waals surface area contributed by atoms with Crippen molar-refractivity contribution < 1.29 is 4.79 Å². The zero-order valence-corrected chi connectivity index (χ0v) is 13.0. The molecule has 1 aromatic carbocycles. The standard InChI is InChI=1S/C16H13N5OS/c17-8-11-3-1-4-12(7-11)13-9-19-15(23-13)21-14(22)16(20-10-18)5-2-6-16/h1,3-4,7,9,20H,2,5-6H2,(H,19,21,22). The average molecular weight is 323 g/mol. The fourth-order valence-corrected chi connectivity index (χ4v) is 3.28. The van der Waals surface area contributed by atoms with E-state index < -0.39 is 5.54 Å². The maximum atomic E-state index is 12.4. The number of hydrogen-bond acceptors (Lipinski definition) is 6. The maximum Gasteiger partial charge on any atom is 0.252 e. The van der Waals surface area contributed by atoms with Crippen LogP contribution in [-0.2, 0) is 4.79 Å². The molecule has 2 aromatic rings. The van der Waals surface area contributed by atoms with Crippen LogP contribution in [0.4, 0.5) is 5.13 Å². The third-order valence-electron chi connectivity index (χ3n) is 3.94. The molecule has 1 heterocycles. The number of carbonyl (C=O) groups is 1. The number of nitrogens with one attached hydrogen (secondary N) is 2. The molecule has 1 amide bonds. The Morgan fingerprint density at radius 3 is 2.83 bits per heavy atom. The lowest BCUT2D eigenvalue weighted by Gasteiger charge is -2.38. The molecule has 0 spiro atoms. The van der Waals surface area contributed by atoms with E-state index in [1.165, 1.54) is 11.3 Å². The van der Waals surface area contributed by atoms with Crippen LogP contribution in [-0.4, -0.2) is 16.4 Å². The average Bonchev–Trinajstić information content (AvgIpc) is 2.99. The highest BCUT2D eigenvalue weighted by Crippen LogP contribution is 2.34. The molecule has 0 saturated heterocycles. The molecule has 1 aliphatic carbocycles. The van der Waals surface area contributed by atoms with Crippen molar-refractivity contribution in [1.29, 1.82) is 10.5 Å². The van der Waals surface area contributed by atoms with E-state index in [1.807, 2.05) is 18.3 Å². The zero-order valence-electron chi connectivity index (χ0n) is 12.2. The topological polar surface area (TPSA) is 102 Å². The maximum absolute atomic E-state index is 12.4. The molecule has 23 heavy (non-hydrogen) atoms. The Hall–Kier alpha value is -2.90. The molecule has 114 valence electrons. The second kappa shape index (κ2) is 6.07. The molecule has 7 heteroatoms. The summed E-state index contributed by atoms with van der Waals surface area (Å²) in [4.78, 5) is 17.4. The lowest BCUT2D eigenvalue weighted by Crippen LogP contribution is -2.57. The summed E-state index contributed by atoms with van der Waals surface area (Å²) in [7, 11) is 0. The molecule has 1 fully saturated rings. The van der Waals surface area contributed by atoms with E-state index in [1.54, 1.807) is 18.3 Å². The minimum absolute atomic E-state index is 0.225. The number of nitrogens with zero attached hydrogens (tertiary/aromatic N) is 3. The molecule has 0 aliphatic heterocycles. The van der Waals surface area contributed by atoms with E-state index in [9.17, 15) is 4.79 Å². The third kappa shape index (κ3) is 2.87. The third-order valence-corrected chi connectivity index (χ3v) is 4.90. The first-order chi connectivity index (χ1) is 11.2. The van der Waals surface area contributed by atoms with Crippen LogP contribution in [0.5, 0.6) is 0 Å². The Kier molecular flexibility index (Phi) is 3.96. The predicted octanol–water partition coefficient (Wildman–Crippen LogP) is 2.61. The van der Waals surface area contributed by atoms with Crippen LogP contribution in [0.3, 0.4) is 0 Å². The molecule has 2 N–H and O–H groups in total. The molecular formula is C16H13N5OS. The Morgan fingerprint density at radius 1 is 1.35 bits per heavy atom. The van der Waals surface area contributed by atoms with Crippen molar-refractivity contribution in [3.8, 4) is 22.7 Å². The van der Waals surface area contributed by atoms with E-state index in [0.717, 1.165) is 16.9 Å². The first-order valence-electron chi connectivity index (χ1n) is 7.11. The van der Waals surface area contributed by atoms with Crippen molar-refractivity contribution in [3.05, 3.63) is 36.0 Å². The molecule has 0 unspecified atom stereocenters. The summed E-state index contributed by atoms with van der Waals surface area (Å²) < 4.78 is 0. The van der Waals surface area contributed by atoms with Gasteiger partial charge in [0.15, 0.2) is 11.3 Å². The summed E-state index contributed by atoms with van der Waals surface area (Å²) in [5.74, 6) is -0.225. The van der Waals surface area contributed by atoms with E-state index in [-0.39, 0.29) is 5.91 Å². The highest BCUT2D eigenvalue weighted by atomic mass is 32.1.